The lowest BCUT2D eigenvalue weighted by Crippen LogP contribution is -2.22. The van der Waals surface area contributed by atoms with Gasteiger partial charge >= 0.3 is 0 Å². The molecule has 0 saturated carbocycles. The molecule has 2 rings (SSSR count). The number of ether oxygens (including phenoxy) is 1. The van der Waals surface area contributed by atoms with E-state index < -0.39 is 5.60 Å². The molecule has 0 aliphatic carbocycles. The van der Waals surface area contributed by atoms with Crippen LogP contribution in [0.2, 0.25) is 0 Å². The molecule has 1 fully saturated rings. The third-order valence-electron chi connectivity index (χ3n) is 2.65. The number of aliphatic hydroxyl groups is 1. The van der Waals surface area contributed by atoms with Crippen molar-refractivity contribution in [3.8, 4) is 0 Å². The highest BCUT2D eigenvalue weighted by molar-refractivity contribution is 5.23. The molecule has 14 heavy (non-hydrogen) atoms. The number of hydrogen-bond donors (Lipinski definition) is 1. The van der Waals surface area contributed by atoms with Gasteiger partial charge in [0, 0.05) is 6.42 Å². The number of rotatable bonds is 4. The first-order valence-electron chi connectivity index (χ1n) is 4.76. The van der Waals surface area contributed by atoms with Crippen LogP contribution < -0.4 is 0 Å². The van der Waals surface area contributed by atoms with Gasteiger partial charge in [-0.15, -0.1) is 6.58 Å². The smallest absolute Gasteiger partial charge is 0.126 e. The van der Waals surface area contributed by atoms with Crippen molar-refractivity contribution in [3.63, 3.8) is 0 Å². The summed E-state index contributed by atoms with van der Waals surface area (Å²) in [5, 5.41) is 9.25. The molecule has 1 saturated heterocycles. The Morgan fingerprint density at radius 1 is 1.43 bits per heavy atom. The molecular formula is C12H14O2. The average molecular weight is 190 g/mol. The van der Waals surface area contributed by atoms with E-state index in [0.29, 0.717) is 0 Å². The molecule has 0 spiro atoms. The number of aliphatic hydroxyl groups excluding tert-OH is 1. The third kappa shape index (κ3) is 1.59. The molecule has 2 nitrogen and oxygen atoms in total. The topological polar surface area (TPSA) is 32.8 Å². The first-order chi connectivity index (χ1) is 6.80. The highest BCUT2D eigenvalue weighted by Crippen LogP contribution is 2.39. The zero-order valence-corrected chi connectivity index (χ0v) is 8.02. The Hall–Kier alpha value is -1.12. The van der Waals surface area contributed by atoms with Crippen LogP contribution in [0.25, 0.3) is 0 Å². The molecule has 0 amide bonds. The van der Waals surface area contributed by atoms with Crippen LogP contribution >= 0.6 is 0 Å². The molecule has 0 bridgehead atoms. The van der Waals surface area contributed by atoms with E-state index >= 15 is 0 Å². The summed E-state index contributed by atoms with van der Waals surface area (Å²) in [6, 6.07) is 10.0. The maximum atomic E-state index is 9.25. The minimum absolute atomic E-state index is 0.00714. The van der Waals surface area contributed by atoms with Crippen LogP contribution in [-0.2, 0) is 11.2 Å². The van der Waals surface area contributed by atoms with E-state index in [-0.39, 0.29) is 12.7 Å². The van der Waals surface area contributed by atoms with Gasteiger partial charge in [-0.1, -0.05) is 36.4 Å². The van der Waals surface area contributed by atoms with Gasteiger partial charge in [0.05, 0.1) is 6.61 Å². The van der Waals surface area contributed by atoms with Crippen molar-refractivity contribution in [2.75, 3.05) is 6.61 Å². The Kier molecular flexibility index (Phi) is 2.40. The molecule has 0 radical (unpaired) electrons. The van der Waals surface area contributed by atoms with Crippen LogP contribution in [0, 0.1) is 0 Å². The maximum absolute atomic E-state index is 9.25. The van der Waals surface area contributed by atoms with Gasteiger partial charge < -0.3 is 9.84 Å². The first-order valence-corrected chi connectivity index (χ1v) is 4.76. The van der Waals surface area contributed by atoms with Crippen molar-refractivity contribution in [1.82, 2.24) is 0 Å². The normalized spacial score (nSPS) is 29.9. The average Bonchev–Trinajstić information content (AvgIpc) is 2.94. The minimum atomic E-state index is -0.400. The fraction of sp³-hybridized carbons (Fsp3) is 0.333. The second-order valence-corrected chi connectivity index (χ2v) is 3.66. The zero-order chi connectivity index (χ0) is 10.0. The van der Waals surface area contributed by atoms with Crippen molar-refractivity contribution in [3.05, 3.63) is 48.6 Å². The fourth-order valence-electron chi connectivity index (χ4n) is 1.75. The summed E-state index contributed by atoms with van der Waals surface area (Å²) in [6.45, 7) is 3.73. The molecule has 1 aliphatic rings. The Morgan fingerprint density at radius 3 is 2.64 bits per heavy atom. The van der Waals surface area contributed by atoms with Crippen LogP contribution in [-0.4, -0.2) is 23.4 Å². The van der Waals surface area contributed by atoms with Crippen LogP contribution in [0.5, 0.6) is 0 Å². The standard InChI is InChI=1S/C12H14O2/c1-2-11-12(9-13,14-11)8-10-6-4-3-5-7-10/h2-7,11,13H,1,8-9H2/t11?,12-/m1/s1. The summed E-state index contributed by atoms with van der Waals surface area (Å²) in [7, 11) is 0. The van der Waals surface area contributed by atoms with E-state index in [0.717, 1.165) is 6.42 Å². The SMILES string of the molecule is C=CC1O[C@@]1(CO)Cc1ccccc1. The lowest BCUT2D eigenvalue weighted by Gasteiger charge is -2.08. The molecule has 1 N–H and O–H groups in total. The summed E-state index contributed by atoms with van der Waals surface area (Å²) in [4.78, 5) is 0. The van der Waals surface area contributed by atoms with E-state index in [2.05, 4.69) is 6.58 Å². The Balaban J connectivity index is 2.08. The highest BCUT2D eigenvalue weighted by atomic mass is 16.6. The Bertz CT molecular complexity index is 320. The second kappa shape index (κ2) is 3.56. The van der Waals surface area contributed by atoms with Crippen molar-refractivity contribution in [2.45, 2.75) is 18.1 Å². The molecule has 1 unspecified atom stereocenters. The van der Waals surface area contributed by atoms with Gasteiger partial charge in [-0.2, -0.15) is 0 Å². The van der Waals surface area contributed by atoms with Crippen LogP contribution in [0.15, 0.2) is 43.0 Å². The zero-order valence-electron chi connectivity index (χ0n) is 8.02. The minimum Gasteiger partial charge on any atom is -0.393 e. The quantitative estimate of drug-likeness (QED) is 0.577. The predicted octanol–water partition coefficient (Wildman–Crippen LogP) is 1.54. The van der Waals surface area contributed by atoms with Gasteiger partial charge in [0.25, 0.3) is 0 Å². The van der Waals surface area contributed by atoms with Gasteiger partial charge in [-0.3, -0.25) is 0 Å². The lowest BCUT2D eigenvalue weighted by molar-refractivity contribution is 0.171. The Labute approximate surface area is 83.8 Å². The van der Waals surface area contributed by atoms with Crippen molar-refractivity contribution in [1.29, 1.82) is 0 Å². The number of benzene rings is 1. The fourth-order valence-corrected chi connectivity index (χ4v) is 1.75. The van der Waals surface area contributed by atoms with E-state index in [1.807, 2.05) is 30.3 Å². The van der Waals surface area contributed by atoms with Gasteiger partial charge in [0.1, 0.15) is 11.7 Å². The van der Waals surface area contributed by atoms with Gasteiger partial charge in [0.15, 0.2) is 0 Å². The summed E-state index contributed by atoms with van der Waals surface area (Å²) < 4.78 is 5.44. The number of hydrogen-bond acceptors (Lipinski definition) is 2. The Morgan fingerprint density at radius 2 is 2.14 bits per heavy atom. The molecule has 74 valence electrons. The summed E-state index contributed by atoms with van der Waals surface area (Å²) in [5.74, 6) is 0. The predicted molar refractivity (Wildman–Crippen MR) is 55.0 cm³/mol. The van der Waals surface area contributed by atoms with E-state index in [9.17, 15) is 5.11 Å². The van der Waals surface area contributed by atoms with Crippen molar-refractivity contribution in [2.24, 2.45) is 0 Å². The molecule has 2 atom stereocenters. The molecule has 1 aromatic carbocycles. The molecule has 0 aromatic heterocycles. The maximum Gasteiger partial charge on any atom is 0.126 e. The van der Waals surface area contributed by atoms with Crippen molar-refractivity contribution < 1.29 is 9.84 Å². The monoisotopic (exact) mass is 190 g/mol. The molecule has 1 aliphatic heterocycles. The van der Waals surface area contributed by atoms with Crippen molar-refractivity contribution >= 4 is 0 Å². The largest absolute Gasteiger partial charge is 0.393 e. The second-order valence-electron chi connectivity index (χ2n) is 3.66. The molecule has 1 aromatic rings. The number of epoxide rings is 1. The van der Waals surface area contributed by atoms with E-state index in [1.54, 1.807) is 6.08 Å². The van der Waals surface area contributed by atoms with Crippen LogP contribution in [0.1, 0.15) is 5.56 Å². The van der Waals surface area contributed by atoms with Gasteiger partial charge in [-0.25, -0.2) is 0 Å². The molecule has 1 heterocycles. The van der Waals surface area contributed by atoms with Crippen LogP contribution in [0.3, 0.4) is 0 Å². The molecular weight excluding hydrogens is 176 g/mol. The van der Waals surface area contributed by atoms with Gasteiger partial charge in [-0.05, 0) is 5.56 Å². The third-order valence-corrected chi connectivity index (χ3v) is 2.65. The summed E-state index contributed by atoms with van der Waals surface area (Å²) in [6.07, 6.45) is 2.51. The first kappa shape index (κ1) is 9.44. The van der Waals surface area contributed by atoms with Gasteiger partial charge in [0.2, 0.25) is 0 Å². The summed E-state index contributed by atoms with van der Waals surface area (Å²) >= 11 is 0. The van der Waals surface area contributed by atoms with E-state index in [4.69, 9.17) is 4.74 Å². The van der Waals surface area contributed by atoms with Crippen LogP contribution in [0.4, 0.5) is 0 Å². The molecule has 2 heteroatoms. The van der Waals surface area contributed by atoms with E-state index in [1.165, 1.54) is 5.56 Å². The lowest BCUT2D eigenvalue weighted by atomic mass is 9.97. The summed E-state index contributed by atoms with van der Waals surface area (Å²) in [5.41, 5.74) is 0.786. The highest BCUT2D eigenvalue weighted by Gasteiger charge is 2.53.